The van der Waals surface area contributed by atoms with Crippen LogP contribution in [0.5, 0.6) is 17.4 Å². The molecule has 4 nitrogen and oxygen atoms in total. The Morgan fingerprint density at radius 2 is 1.95 bits per heavy atom. The van der Waals surface area contributed by atoms with Crippen molar-refractivity contribution < 1.29 is 9.47 Å². The summed E-state index contributed by atoms with van der Waals surface area (Å²) < 4.78 is 11.3. The number of hydrogen-bond donors (Lipinski definition) is 1. The van der Waals surface area contributed by atoms with Crippen LogP contribution in [0.1, 0.15) is 18.2 Å². The molecular formula is C15H16N2O2S. The summed E-state index contributed by atoms with van der Waals surface area (Å²) in [5.74, 6) is 1.73. The SMILES string of the molecule is CCOc1ccccc1Oc1cc(C(N)=S)cc(C)n1. The molecule has 20 heavy (non-hydrogen) atoms. The third-order valence-electron chi connectivity index (χ3n) is 2.58. The number of nitrogens with zero attached hydrogens (tertiary/aromatic N) is 1. The summed E-state index contributed by atoms with van der Waals surface area (Å²) in [6.07, 6.45) is 0. The Morgan fingerprint density at radius 3 is 2.60 bits per heavy atom. The zero-order chi connectivity index (χ0) is 14.5. The summed E-state index contributed by atoms with van der Waals surface area (Å²) in [6.45, 7) is 4.36. The van der Waals surface area contributed by atoms with Crippen LogP contribution in [0.25, 0.3) is 0 Å². The Labute approximate surface area is 123 Å². The lowest BCUT2D eigenvalue weighted by Crippen LogP contribution is -2.10. The van der Waals surface area contributed by atoms with Crippen molar-refractivity contribution in [2.24, 2.45) is 5.73 Å². The molecule has 1 heterocycles. The molecule has 0 fully saturated rings. The Balaban J connectivity index is 2.32. The van der Waals surface area contributed by atoms with Gasteiger partial charge in [0.15, 0.2) is 11.5 Å². The number of benzene rings is 1. The van der Waals surface area contributed by atoms with E-state index in [0.717, 1.165) is 11.3 Å². The summed E-state index contributed by atoms with van der Waals surface area (Å²) in [5.41, 5.74) is 7.17. The molecule has 0 aliphatic heterocycles. The fraction of sp³-hybridized carbons (Fsp3) is 0.200. The minimum absolute atomic E-state index is 0.318. The molecule has 2 rings (SSSR count). The number of pyridine rings is 1. The Morgan fingerprint density at radius 1 is 1.25 bits per heavy atom. The second-order valence-corrected chi connectivity index (χ2v) is 4.62. The minimum Gasteiger partial charge on any atom is -0.490 e. The third kappa shape index (κ3) is 3.45. The number of rotatable bonds is 5. The maximum Gasteiger partial charge on any atom is 0.220 e. The number of para-hydroxylation sites is 2. The van der Waals surface area contributed by atoms with E-state index in [1.807, 2.05) is 44.2 Å². The molecule has 0 amide bonds. The lowest BCUT2D eigenvalue weighted by atomic mass is 10.2. The second-order valence-electron chi connectivity index (χ2n) is 4.18. The van der Waals surface area contributed by atoms with Crippen LogP contribution in [-0.4, -0.2) is 16.6 Å². The van der Waals surface area contributed by atoms with Crippen LogP contribution in [-0.2, 0) is 0 Å². The normalized spacial score (nSPS) is 10.1. The number of thiocarbonyl (C=S) groups is 1. The van der Waals surface area contributed by atoms with E-state index < -0.39 is 0 Å². The predicted molar refractivity (Wildman–Crippen MR) is 82.5 cm³/mol. The maximum absolute atomic E-state index is 5.78. The first-order chi connectivity index (χ1) is 9.60. The highest BCUT2D eigenvalue weighted by atomic mass is 32.1. The van der Waals surface area contributed by atoms with E-state index in [1.165, 1.54) is 0 Å². The number of ether oxygens (including phenoxy) is 2. The van der Waals surface area contributed by atoms with E-state index in [0.29, 0.717) is 29.0 Å². The number of nitrogens with two attached hydrogens (primary N) is 1. The molecule has 1 aromatic carbocycles. The highest BCUT2D eigenvalue weighted by Crippen LogP contribution is 2.30. The van der Waals surface area contributed by atoms with Crippen molar-refractivity contribution in [2.45, 2.75) is 13.8 Å². The Bertz CT molecular complexity index is 629. The molecule has 104 valence electrons. The first-order valence-corrected chi connectivity index (χ1v) is 6.69. The summed E-state index contributed by atoms with van der Waals surface area (Å²) in [7, 11) is 0. The molecule has 1 aromatic heterocycles. The van der Waals surface area contributed by atoms with E-state index in [9.17, 15) is 0 Å². The predicted octanol–water partition coefficient (Wildman–Crippen LogP) is 3.22. The van der Waals surface area contributed by atoms with Gasteiger partial charge < -0.3 is 15.2 Å². The van der Waals surface area contributed by atoms with Gasteiger partial charge in [-0.25, -0.2) is 4.98 Å². The first kappa shape index (κ1) is 14.3. The van der Waals surface area contributed by atoms with Crippen LogP contribution >= 0.6 is 12.2 Å². The zero-order valence-electron chi connectivity index (χ0n) is 11.4. The van der Waals surface area contributed by atoms with Gasteiger partial charge in [0, 0.05) is 17.3 Å². The van der Waals surface area contributed by atoms with Gasteiger partial charge in [0.05, 0.1) is 6.61 Å². The molecule has 0 saturated heterocycles. The summed E-state index contributed by atoms with van der Waals surface area (Å²) in [6, 6.07) is 11.0. The highest BCUT2D eigenvalue weighted by molar-refractivity contribution is 7.80. The van der Waals surface area contributed by atoms with Gasteiger partial charge in [-0.2, -0.15) is 0 Å². The van der Waals surface area contributed by atoms with Crippen molar-refractivity contribution in [3.05, 3.63) is 47.7 Å². The van der Waals surface area contributed by atoms with E-state index >= 15 is 0 Å². The zero-order valence-corrected chi connectivity index (χ0v) is 12.2. The largest absolute Gasteiger partial charge is 0.490 e. The lowest BCUT2D eigenvalue weighted by molar-refractivity contribution is 0.319. The van der Waals surface area contributed by atoms with Gasteiger partial charge >= 0.3 is 0 Å². The molecule has 0 spiro atoms. The van der Waals surface area contributed by atoms with Crippen LogP contribution in [0.15, 0.2) is 36.4 Å². The van der Waals surface area contributed by atoms with E-state index in [4.69, 9.17) is 27.4 Å². The van der Waals surface area contributed by atoms with Gasteiger partial charge in [-0.3, -0.25) is 0 Å². The molecule has 0 unspecified atom stereocenters. The maximum atomic E-state index is 5.78. The van der Waals surface area contributed by atoms with E-state index in [2.05, 4.69) is 4.98 Å². The van der Waals surface area contributed by atoms with Crippen LogP contribution < -0.4 is 15.2 Å². The third-order valence-corrected chi connectivity index (χ3v) is 2.81. The van der Waals surface area contributed by atoms with Crippen molar-refractivity contribution in [1.82, 2.24) is 4.98 Å². The Hall–Kier alpha value is -2.14. The summed E-state index contributed by atoms with van der Waals surface area (Å²) in [4.78, 5) is 4.64. The number of hydrogen-bond acceptors (Lipinski definition) is 4. The second kappa shape index (κ2) is 6.34. The summed E-state index contributed by atoms with van der Waals surface area (Å²) in [5, 5.41) is 0. The molecule has 2 N–H and O–H groups in total. The van der Waals surface area contributed by atoms with Crippen molar-refractivity contribution >= 4 is 17.2 Å². The number of aryl methyl sites for hydroxylation is 1. The molecule has 0 radical (unpaired) electrons. The number of aromatic nitrogens is 1. The average Bonchev–Trinajstić information content (AvgIpc) is 2.40. The molecule has 2 aromatic rings. The quantitative estimate of drug-likeness (QED) is 0.856. The van der Waals surface area contributed by atoms with Crippen LogP contribution in [0.2, 0.25) is 0 Å². The van der Waals surface area contributed by atoms with Crippen molar-refractivity contribution in [3.63, 3.8) is 0 Å². The Kier molecular flexibility index (Phi) is 4.53. The monoisotopic (exact) mass is 288 g/mol. The van der Waals surface area contributed by atoms with Crippen LogP contribution in [0.3, 0.4) is 0 Å². The molecule has 0 bridgehead atoms. The van der Waals surface area contributed by atoms with Gasteiger partial charge in [-0.15, -0.1) is 0 Å². The average molecular weight is 288 g/mol. The van der Waals surface area contributed by atoms with E-state index in [-0.39, 0.29) is 0 Å². The summed E-state index contributed by atoms with van der Waals surface area (Å²) >= 11 is 4.98. The standard InChI is InChI=1S/C15H16N2O2S/c1-3-18-12-6-4-5-7-13(12)19-14-9-11(15(16)20)8-10(2)17-14/h4-9H,3H2,1-2H3,(H2,16,20). The molecular weight excluding hydrogens is 272 g/mol. The highest BCUT2D eigenvalue weighted by Gasteiger charge is 2.08. The van der Waals surface area contributed by atoms with Gasteiger partial charge in [-0.05, 0) is 32.0 Å². The first-order valence-electron chi connectivity index (χ1n) is 6.28. The van der Waals surface area contributed by atoms with Crippen LogP contribution in [0.4, 0.5) is 0 Å². The molecule has 0 saturated carbocycles. The van der Waals surface area contributed by atoms with Gasteiger partial charge in [0.25, 0.3) is 0 Å². The fourth-order valence-corrected chi connectivity index (χ4v) is 1.87. The lowest BCUT2D eigenvalue weighted by Gasteiger charge is -2.11. The smallest absolute Gasteiger partial charge is 0.220 e. The fourth-order valence-electron chi connectivity index (χ4n) is 1.75. The molecule has 0 aliphatic carbocycles. The van der Waals surface area contributed by atoms with Gasteiger partial charge in [0.2, 0.25) is 5.88 Å². The topological polar surface area (TPSA) is 57.4 Å². The van der Waals surface area contributed by atoms with Gasteiger partial charge in [0.1, 0.15) is 4.99 Å². The van der Waals surface area contributed by atoms with Crippen LogP contribution in [0, 0.1) is 6.92 Å². The van der Waals surface area contributed by atoms with Crippen molar-refractivity contribution in [1.29, 1.82) is 0 Å². The van der Waals surface area contributed by atoms with E-state index in [1.54, 1.807) is 6.07 Å². The molecule has 5 heteroatoms. The van der Waals surface area contributed by atoms with Crippen molar-refractivity contribution in [3.8, 4) is 17.4 Å². The van der Waals surface area contributed by atoms with Crippen molar-refractivity contribution in [2.75, 3.05) is 6.61 Å². The van der Waals surface area contributed by atoms with Gasteiger partial charge in [-0.1, -0.05) is 24.4 Å². The molecule has 0 aliphatic rings. The minimum atomic E-state index is 0.318. The molecule has 0 atom stereocenters.